The molecule has 0 spiro atoms. The Morgan fingerprint density at radius 3 is 2.77 bits per heavy atom. The number of benzene rings is 1. The van der Waals surface area contributed by atoms with Crippen LogP contribution in [0.1, 0.15) is 18.0 Å². The summed E-state index contributed by atoms with van der Waals surface area (Å²) < 4.78 is 7.20. The number of rotatable bonds is 6. The molecule has 1 aliphatic heterocycles. The molecule has 2 heterocycles. The number of aromatic nitrogens is 4. The Morgan fingerprint density at radius 1 is 1.23 bits per heavy atom. The minimum atomic E-state index is 0.260. The van der Waals surface area contributed by atoms with Gasteiger partial charge in [-0.15, -0.1) is 16.9 Å². The molecule has 0 bridgehead atoms. The van der Waals surface area contributed by atoms with Gasteiger partial charge in [-0.25, -0.2) is 0 Å². The van der Waals surface area contributed by atoms with Gasteiger partial charge in [-0.3, -0.25) is 4.90 Å². The highest BCUT2D eigenvalue weighted by atomic mass is 32.2. The highest BCUT2D eigenvalue weighted by Gasteiger charge is 2.17. The number of thioether (sulfide) groups is 1. The minimum Gasteiger partial charge on any atom is -0.379 e. The summed E-state index contributed by atoms with van der Waals surface area (Å²) in [5.74, 6) is 1.97. The Balaban J connectivity index is 1.56. The van der Waals surface area contributed by atoms with Crippen molar-refractivity contribution < 1.29 is 4.74 Å². The quantitative estimate of drug-likeness (QED) is 0.809. The van der Waals surface area contributed by atoms with Gasteiger partial charge in [0.1, 0.15) is 0 Å². The summed E-state index contributed by atoms with van der Waals surface area (Å²) in [7, 11) is 0. The van der Waals surface area contributed by atoms with Gasteiger partial charge in [0.05, 0.1) is 24.2 Å². The summed E-state index contributed by atoms with van der Waals surface area (Å²) in [5, 5.41) is 12.4. The lowest BCUT2D eigenvalue weighted by Crippen LogP contribution is -2.37. The molecule has 2 aromatic rings. The molecule has 0 N–H and O–H groups in total. The van der Waals surface area contributed by atoms with E-state index >= 15 is 0 Å². The zero-order valence-electron chi connectivity index (χ0n) is 12.8. The van der Waals surface area contributed by atoms with Crippen LogP contribution in [0.5, 0.6) is 0 Å². The molecule has 7 heteroatoms. The lowest BCUT2D eigenvalue weighted by Gasteiger charge is -2.26. The second kappa shape index (κ2) is 7.71. The zero-order valence-corrected chi connectivity index (χ0v) is 13.6. The molecular formula is C15H21N5OS. The summed E-state index contributed by atoms with van der Waals surface area (Å²) in [4.78, 5) is 2.45. The van der Waals surface area contributed by atoms with E-state index in [1.807, 2.05) is 46.8 Å². The maximum atomic E-state index is 5.37. The number of nitrogens with zero attached hydrogens (tertiary/aromatic N) is 5. The van der Waals surface area contributed by atoms with Crippen molar-refractivity contribution in [3.05, 3.63) is 36.2 Å². The van der Waals surface area contributed by atoms with Gasteiger partial charge < -0.3 is 4.74 Å². The predicted octanol–water partition coefficient (Wildman–Crippen LogP) is 1.79. The van der Waals surface area contributed by atoms with E-state index in [-0.39, 0.29) is 5.25 Å². The molecule has 6 nitrogen and oxygen atoms in total. The first-order chi connectivity index (χ1) is 10.8. The van der Waals surface area contributed by atoms with Crippen LogP contribution in [0, 0.1) is 0 Å². The molecule has 22 heavy (non-hydrogen) atoms. The average molecular weight is 319 g/mol. The molecule has 0 amide bonds. The average Bonchev–Trinajstić information content (AvgIpc) is 3.06. The zero-order chi connectivity index (χ0) is 15.2. The molecule has 0 saturated carbocycles. The van der Waals surface area contributed by atoms with E-state index in [9.17, 15) is 0 Å². The fourth-order valence-corrected chi connectivity index (χ4v) is 3.47. The first kappa shape index (κ1) is 15.5. The summed E-state index contributed by atoms with van der Waals surface area (Å²) in [6.45, 7) is 7.03. The van der Waals surface area contributed by atoms with Crippen molar-refractivity contribution >= 4 is 11.8 Å². The maximum Gasteiger partial charge on any atom is 0.169 e. The lowest BCUT2D eigenvalue weighted by molar-refractivity contribution is 0.0410. The van der Waals surface area contributed by atoms with Crippen molar-refractivity contribution in [2.45, 2.75) is 12.2 Å². The van der Waals surface area contributed by atoms with Crippen molar-refractivity contribution in [1.82, 2.24) is 25.1 Å². The summed E-state index contributed by atoms with van der Waals surface area (Å²) >= 11 is 1.89. The van der Waals surface area contributed by atoms with Gasteiger partial charge in [-0.05, 0) is 29.5 Å². The van der Waals surface area contributed by atoms with E-state index in [0.717, 1.165) is 50.1 Å². The minimum absolute atomic E-state index is 0.260. The topological polar surface area (TPSA) is 56.1 Å². The van der Waals surface area contributed by atoms with Crippen LogP contribution in [0.2, 0.25) is 0 Å². The molecular weight excluding hydrogens is 298 g/mol. The molecule has 1 aromatic carbocycles. The summed E-state index contributed by atoms with van der Waals surface area (Å²) in [5.41, 5.74) is 1.00. The van der Waals surface area contributed by atoms with Gasteiger partial charge in [0.2, 0.25) is 0 Å². The van der Waals surface area contributed by atoms with Crippen molar-refractivity contribution in [3.63, 3.8) is 0 Å². The monoisotopic (exact) mass is 319 g/mol. The molecule has 0 aliphatic carbocycles. The fraction of sp³-hybridized carbons (Fsp3) is 0.533. The van der Waals surface area contributed by atoms with Crippen LogP contribution in [0.15, 0.2) is 30.3 Å². The van der Waals surface area contributed by atoms with Gasteiger partial charge in [0, 0.05) is 25.4 Å². The molecule has 1 aliphatic rings. The van der Waals surface area contributed by atoms with E-state index in [0.29, 0.717) is 0 Å². The molecule has 1 saturated heterocycles. The van der Waals surface area contributed by atoms with E-state index < -0.39 is 0 Å². The fourth-order valence-electron chi connectivity index (χ4n) is 2.46. The third-order valence-corrected chi connectivity index (χ3v) is 4.87. The highest BCUT2D eigenvalue weighted by Crippen LogP contribution is 2.27. The van der Waals surface area contributed by atoms with E-state index in [4.69, 9.17) is 4.74 Å². The standard InChI is InChI=1S/C15H21N5OS/c1-13(22-12-9-19-7-10-21-11-8-19)15-16-17-18-20(15)14-5-3-2-4-6-14/h2-6,13H,7-12H2,1H3/t13-/m1/s1. The molecule has 0 unspecified atom stereocenters. The van der Waals surface area contributed by atoms with Crippen LogP contribution in [-0.2, 0) is 4.74 Å². The third kappa shape index (κ3) is 3.85. The number of hydrogen-bond acceptors (Lipinski definition) is 6. The number of ether oxygens (including phenoxy) is 1. The van der Waals surface area contributed by atoms with E-state index in [1.165, 1.54) is 0 Å². The van der Waals surface area contributed by atoms with Crippen molar-refractivity contribution in [1.29, 1.82) is 0 Å². The molecule has 1 aromatic heterocycles. The second-order valence-corrected chi connectivity index (χ2v) is 6.70. The number of tetrazole rings is 1. The normalized spacial score (nSPS) is 17.5. The van der Waals surface area contributed by atoms with Gasteiger partial charge in [0.25, 0.3) is 0 Å². The SMILES string of the molecule is C[C@@H](SCCN1CCOCC1)c1nnnn1-c1ccccc1. The van der Waals surface area contributed by atoms with Crippen LogP contribution < -0.4 is 0 Å². The lowest BCUT2D eigenvalue weighted by atomic mass is 10.3. The van der Waals surface area contributed by atoms with Crippen LogP contribution in [0.25, 0.3) is 5.69 Å². The third-order valence-electron chi connectivity index (χ3n) is 3.74. The van der Waals surface area contributed by atoms with Crippen LogP contribution in [-0.4, -0.2) is 63.7 Å². The van der Waals surface area contributed by atoms with E-state index in [2.05, 4.69) is 27.3 Å². The number of para-hydroxylation sites is 1. The maximum absolute atomic E-state index is 5.37. The number of morpholine rings is 1. The Kier molecular flexibility index (Phi) is 5.42. The van der Waals surface area contributed by atoms with Gasteiger partial charge in [0.15, 0.2) is 5.82 Å². The number of hydrogen-bond donors (Lipinski definition) is 0. The van der Waals surface area contributed by atoms with Crippen molar-refractivity contribution in [2.24, 2.45) is 0 Å². The largest absolute Gasteiger partial charge is 0.379 e. The molecule has 0 radical (unpaired) electrons. The Bertz CT molecular complexity index is 570. The first-order valence-corrected chi connectivity index (χ1v) is 8.65. The van der Waals surface area contributed by atoms with Crippen LogP contribution in [0.4, 0.5) is 0 Å². The molecule has 118 valence electrons. The van der Waals surface area contributed by atoms with Crippen molar-refractivity contribution in [3.8, 4) is 5.69 Å². The van der Waals surface area contributed by atoms with E-state index in [1.54, 1.807) is 0 Å². The summed E-state index contributed by atoms with van der Waals surface area (Å²) in [6.07, 6.45) is 0. The smallest absolute Gasteiger partial charge is 0.169 e. The highest BCUT2D eigenvalue weighted by molar-refractivity contribution is 7.99. The molecule has 1 atom stereocenters. The Hall–Kier alpha value is -1.44. The first-order valence-electron chi connectivity index (χ1n) is 7.60. The van der Waals surface area contributed by atoms with Crippen molar-refractivity contribution in [2.75, 3.05) is 38.6 Å². The van der Waals surface area contributed by atoms with Crippen LogP contribution >= 0.6 is 11.8 Å². The predicted molar refractivity (Wildman–Crippen MR) is 87.3 cm³/mol. The Morgan fingerprint density at radius 2 is 2.00 bits per heavy atom. The molecule has 1 fully saturated rings. The van der Waals surface area contributed by atoms with Gasteiger partial charge in [-0.2, -0.15) is 4.68 Å². The van der Waals surface area contributed by atoms with Crippen LogP contribution in [0.3, 0.4) is 0 Å². The summed E-state index contributed by atoms with van der Waals surface area (Å²) in [6, 6.07) is 10.0. The second-order valence-electron chi connectivity index (χ2n) is 5.25. The molecule has 3 rings (SSSR count). The Labute approximate surface area is 134 Å². The van der Waals surface area contributed by atoms with Gasteiger partial charge >= 0.3 is 0 Å². The van der Waals surface area contributed by atoms with Gasteiger partial charge in [-0.1, -0.05) is 18.2 Å².